The second-order valence-electron chi connectivity index (χ2n) is 8.91. The highest BCUT2D eigenvalue weighted by molar-refractivity contribution is 5.84. The van der Waals surface area contributed by atoms with Crippen LogP contribution in [-0.4, -0.2) is 41.4 Å². The minimum absolute atomic E-state index is 0.187. The summed E-state index contributed by atoms with van der Waals surface area (Å²) in [6.45, 7) is 2.82. The lowest BCUT2D eigenvalue weighted by atomic mass is 9.78. The normalized spacial score (nSPS) is 25.2. The summed E-state index contributed by atoms with van der Waals surface area (Å²) in [5.41, 5.74) is 3.21. The van der Waals surface area contributed by atoms with Gasteiger partial charge in [0.2, 0.25) is 5.91 Å². The predicted octanol–water partition coefficient (Wildman–Crippen LogP) is 3.95. The Morgan fingerprint density at radius 3 is 2.45 bits per heavy atom. The minimum Gasteiger partial charge on any atom is -0.338 e. The van der Waals surface area contributed by atoms with E-state index in [0.29, 0.717) is 24.7 Å². The van der Waals surface area contributed by atoms with E-state index in [-0.39, 0.29) is 11.3 Å². The van der Waals surface area contributed by atoms with Crippen molar-refractivity contribution < 1.29 is 13.6 Å². The Morgan fingerprint density at radius 2 is 1.72 bits per heavy atom. The van der Waals surface area contributed by atoms with Gasteiger partial charge in [0.1, 0.15) is 0 Å². The first-order chi connectivity index (χ1) is 14.0. The molecule has 2 aliphatic heterocycles. The molecule has 0 N–H and O–H groups in total. The van der Waals surface area contributed by atoms with E-state index in [1.54, 1.807) is 6.07 Å². The molecule has 3 nitrogen and oxygen atoms in total. The Morgan fingerprint density at radius 1 is 0.966 bits per heavy atom. The SMILES string of the molecule is O=C1N(Cc2ccc(F)c(F)c2)CCCC12CCN(C1Cc3ccccc3C1)C2. The molecule has 2 aromatic carbocycles. The second-order valence-corrected chi connectivity index (χ2v) is 8.91. The van der Waals surface area contributed by atoms with Gasteiger partial charge in [-0.2, -0.15) is 0 Å². The first kappa shape index (κ1) is 18.7. The molecule has 29 heavy (non-hydrogen) atoms. The number of benzene rings is 2. The van der Waals surface area contributed by atoms with Gasteiger partial charge in [-0.1, -0.05) is 30.3 Å². The summed E-state index contributed by atoms with van der Waals surface area (Å²) in [6, 6.07) is 13.1. The van der Waals surface area contributed by atoms with E-state index < -0.39 is 11.6 Å². The number of rotatable bonds is 3. The van der Waals surface area contributed by atoms with Crippen molar-refractivity contribution in [3.05, 3.63) is 70.8 Å². The zero-order valence-electron chi connectivity index (χ0n) is 16.5. The van der Waals surface area contributed by atoms with Crippen LogP contribution in [0.3, 0.4) is 0 Å². The van der Waals surface area contributed by atoms with E-state index >= 15 is 0 Å². The van der Waals surface area contributed by atoms with Crippen LogP contribution in [0.1, 0.15) is 36.0 Å². The van der Waals surface area contributed by atoms with Gasteiger partial charge in [0.15, 0.2) is 11.6 Å². The molecule has 2 fully saturated rings. The van der Waals surface area contributed by atoms with Crippen LogP contribution in [0.4, 0.5) is 8.78 Å². The van der Waals surface area contributed by atoms with Gasteiger partial charge in [-0.15, -0.1) is 0 Å². The highest BCUT2D eigenvalue weighted by Crippen LogP contribution is 2.42. The Kier molecular flexibility index (Phi) is 4.66. The Bertz CT molecular complexity index is 921. The van der Waals surface area contributed by atoms with Crippen LogP contribution in [0.2, 0.25) is 0 Å². The molecule has 1 aliphatic carbocycles. The monoisotopic (exact) mass is 396 g/mol. The average Bonchev–Trinajstić information content (AvgIpc) is 3.33. The molecule has 1 unspecified atom stereocenters. The number of hydrogen-bond donors (Lipinski definition) is 0. The molecular formula is C24H26F2N2O. The highest BCUT2D eigenvalue weighted by Gasteiger charge is 2.49. The molecule has 1 amide bonds. The molecular weight excluding hydrogens is 370 g/mol. The van der Waals surface area contributed by atoms with E-state index in [1.807, 2.05) is 4.90 Å². The lowest BCUT2D eigenvalue weighted by Crippen LogP contribution is -2.50. The van der Waals surface area contributed by atoms with Crippen LogP contribution >= 0.6 is 0 Å². The van der Waals surface area contributed by atoms with Crippen LogP contribution in [0.15, 0.2) is 42.5 Å². The topological polar surface area (TPSA) is 23.6 Å². The number of carbonyl (C=O) groups excluding carboxylic acids is 1. The number of amides is 1. The number of hydrogen-bond acceptors (Lipinski definition) is 2. The van der Waals surface area contributed by atoms with E-state index in [1.165, 1.54) is 17.2 Å². The molecule has 0 saturated carbocycles. The highest BCUT2D eigenvalue weighted by atomic mass is 19.2. The quantitative estimate of drug-likeness (QED) is 0.785. The fourth-order valence-electron chi connectivity index (χ4n) is 5.55. The maximum atomic E-state index is 13.6. The van der Waals surface area contributed by atoms with Crippen LogP contribution in [0.5, 0.6) is 0 Å². The maximum absolute atomic E-state index is 13.6. The summed E-state index contributed by atoms with van der Waals surface area (Å²) in [4.78, 5) is 17.8. The lowest BCUT2D eigenvalue weighted by molar-refractivity contribution is -0.146. The molecule has 0 bridgehead atoms. The Labute approximate surface area is 170 Å². The molecule has 2 heterocycles. The summed E-state index contributed by atoms with van der Waals surface area (Å²) in [7, 11) is 0. The number of fused-ring (bicyclic) bond motifs is 1. The molecule has 0 radical (unpaired) electrons. The predicted molar refractivity (Wildman–Crippen MR) is 107 cm³/mol. The average molecular weight is 396 g/mol. The molecule has 2 saturated heterocycles. The number of piperidine rings is 1. The zero-order valence-corrected chi connectivity index (χ0v) is 16.5. The number of nitrogens with zero attached hydrogens (tertiary/aromatic N) is 2. The molecule has 5 heteroatoms. The number of carbonyl (C=O) groups is 1. The first-order valence-electron chi connectivity index (χ1n) is 10.6. The standard InChI is InChI=1S/C24H26F2N2O/c25-21-7-6-17(12-22(21)26)15-27-10-3-8-24(23(27)29)9-11-28(16-24)20-13-18-4-1-2-5-19(18)14-20/h1-2,4-7,12,20H,3,8-11,13-16H2. The third-order valence-electron chi connectivity index (χ3n) is 7.11. The summed E-state index contributed by atoms with van der Waals surface area (Å²) in [5.74, 6) is -1.51. The van der Waals surface area contributed by atoms with Crippen LogP contribution in [0, 0.1) is 17.0 Å². The number of halogens is 2. The zero-order chi connectivity index (χ0) is 20.0. The fraction of sp³-hybridized carbons (Fsp3) is 0.458. The largest absolute Gasteiger partial charge is 0.338 e. The molecule has 1 atom stereocenters. The molecule has 2 aromatic rings. The summed E-state index contributed by atoms with van der Waals surface area (Å²) < 4.78 is 26.8. The molecule has 152 valence electrons. The van der Waals surface area contributed by atoms with Gasteiger partial charge in [0.05, 0.1) is 5.41 Å². The van der Waals surface area contributed by atoms with E-state index in [0.717, 1.165) is 51.3 Å². The van der Waals surface area contributed by atoms with Gasteiger partial charge in [-0.3, -0.25) is 9.69 Å². The summed E-state index contributed by atoms with van der Waals surface area (Å²) >= 11 is 0. The van der Waals surface area contributed by atoms with Crippen LogP contribution in [0.25, 0.3) is 0 Å². The van der Waals surface area contributed by atoms with Crippen molar-refractivity contribution in [1.82, 2.24) is 9.80 Å². The van der Waals surface area contributed by atoms with Gasteiger partial charge >= 0.3 is 0 Å². The van der Waals surface area contributed by atoms with Crippen molar-refractivity contribution in [2.45, 2.75) is 44.7 Å². The van der Waals surface area contributed by atoms with Gasteiger partial charge < -0.3 is 4.90 Å². The van der Waals surface area contributed by atoms with Gasteiger partial charge in [0.25, 0.3) is 0 Å². The second kappa shape index (κ2) is 7.21. The number of likely N-dealkylation sites (tertiary alicyclic amines) is 2. The van der Waals surface area contributed by atoms with Gasteiger partial charge in [0, 0.05) is 25.7 Å². The van der Waals surface area contributed by atoms with Crippen molar-refractivity contribution in [2.75, 3.05) is 19.6 Å². The van der Waals surface area contributed by atoms with Crippen molar-refractivity contribution >= 4 is 5.91 Å². The third kappa shape index (κ3) is 3.35. The van der Waals surface area contributed by atoms with Crippen LogP contribution in [-0.2, 0) is 24.2 Å². The molecule has 5 rings (SSSR count). The molecule has 0 aromatic heterocycles. The lowest BCUT2D eigenvalue weighted by Gasteiger charge is -2.40. The fourth-order valence-corrected chi connectivity index (χ4v) is 5.55. The van der Waals surface area contributed by atoms with Gasteiger partial charge in [-0.05, 0) is 67.5 Å². The Balaban J connectivity index is 1.28. The van der Waals surface area contributed by atoms with E-state index in [2.05, 4.69) is 29.2 Å². The molecule has 1 spiro atoms. The van der Waals surface area contributed by atoms with Crippen molar-refractivity contribution in [1.29, 1.82) is 0 Å². The van der Waals surface area contributed by atoms with Crippen molar-refractivity contribution in [3.8, 4) is 0 Å². The van der Waals surface area contributed by atoms with E-state index in [4.69, 9.17) is 0 Å². The maximum Gasteiger partial charge on any atom is 0.230 e. The first-order valence-corrected chi connectivity index (χ1v) is 10.6. The summed E-state index contributed by atoms with van der Waals surface area (Å²) in [6.07, 6.45) is 4.93. The van der Waals surface area contributed by atoms with Crippen LogP contribution < -0.4 is 0 Å². The minimum atomic E-state index is -0.852. The van der Waals surface area contributed by atoms with Gasteiger partial charge in [-0.25, -0.2) is 8.78 Å². The summed E-state index contributed by atoms with van der Waals surface area (Å²) in [5, 5.41) is 0. The smallest absolute Gasteiger partial charge is 0.230 e. The van der Waals surface area contributed by atoms with Crippen molar-refractivity contribution in [2.24, 2.45) is 5.41 Å². The Hall–Kier alpha value is -2.27. The van der Waals surface area contributed by atoms with Crippen molar-refractivity contribution in [3.63, 3.8) is 0 Å². The van der Waals surface area contributed by atoms with E-state index in [9.17, 15) is 13.6 Å². The molecule has 3 aliphatic rings. The third-order valence-corrected chi connectivity index (χ3v) is 7.11.